The first-order valence-corrected chi connectivity index (χ1v) is 11.4. The van der Waals surface area contributed by atoms with Crippen molar-refractivity contribution in [1.82, 2.24) is 9.97 Å². The molecule has 0 bridgehead atoms. The maximum absolute atomic E-state index is 12.0. The van der Waals surface area contributed by atoms with Gasteiger partial charge in [0.25, 0.3) is 0 Å². The van der Waals surface area contributed by atoms with Gasteiger partial charge in [-0.1, -0.05) is 55.3 Å². The fourth-order valence-electron chi connectivity index (χ4n) is 4.95. The summed E-state index contributed by atoms with van der Waals surface area (Å²) >= 11 is 0. The zero-order chi connectivity index (χ0) is 21.4. The van der Waals surface area contributed by atoms with Crippen molar-refractivity contribution in [3.63, 3.8) is 0 Å². The van der Waals surface area contributed by atoms with Crippen molar-refractivity contribution >= 4 is 11.5 Å². The van der Waals surface area contributed by atoms with Crippen LogP contribution in [0.15, 0.2) is 54.7 Å². The molecule has 0 unspecified atom stereocenters. The summed E-state index contributed by atoms with van der Waals surface area (Å²) in [6.07, 6.45) is 6.91. The molecular formula is C27H29N3O. The number of aryl methyl sites for hydroxylation is 1. The molecular weight excluding hydrogens is 382 g/mol. The Hall–Kier alpha value is -3.01. The average molecular weight is 412 g/mol. The van der Waals surface area contributed by atoms with E-state index in [4.69, 9.17) is 0 Å². The summed E-state index contributed by atoms with van der Waals surface area (Å²) in [6, 6.07) is 18.2. The third-order valence-electron chi connectivity index (χ3n) is 7.11. The first-order valence-electron chi connectivity index (χ1n) is 11.4. The predicted molar refractivity (Wildman–Crippen MR) is 124 cm³/mol. The molecule has 1 aliphatic heterocycles. The van der Waals surface area contributed by atoms with Crippen LogP contribution in [-0.4, -0.2) is 22.3 Å². The molecule has 2 aliphatic rings. The Morgan fingerprint density at radius 2 is 1.71 bits per heavy atom. The molecule has 1 fully saturated rings. The monoisotopic (exact) mass is 411 g/mol. The highest BCUT2D eigenvalue weighted by Crippen LogP contribution is 2.49. The van der Waals surface area contributed by atoms with Crippen molar-refractivity contribution < 1.29 is 4.79 Å². The number of hydrogen-bond donors (Lipinski definition) is 0. The summed E-state index contributed by atoms with van der Waals surface area (Å²) in [5.41, 5.74) is 7.70. The van der Waals surface area contributed by atoms with Gasteiger partial charge in [-0.3, -0.25) is 4.79 Å². The zero-order valence-electron chi connectivity index (χ0n) is 18.4. The fraction of sp³-hybridized carbons (Fsp3) is 0.370. The van der Waals surface area contributed by atoms with Crippen LogP contribution in [0.1, 0.15) is 71.2 Å². The van der Waals surface area contributed by atoms with Gasteiger partial charge in [0.15, 0.2) is 11.6 Å². The number of carbonyl (C=O) groups is 1. The van der Waals surface area contributed by atoms with Gasteiger partial charge >= 0.3 is 0 Å². The van der Waals surface area contributed by atoms with Crippen molar-refractivity contribution in [3.05, 3.63) is 88.5 Å². The number of carbonyl (C=O) groups excluding carboxylic acids is 1. The minimum atomic E-state index is 0.00572. The number of fused-ring (bicyclic) bond motifs is 1. The van der Waals surface area contributed by atoms with Crippen LogP contribution in [0, 0.1) is 6.92 Å². The van der Waals surface area contributed by atoms with Gasteiger partial charge in [-0.25, -0.2) is 9.97 Å². The lowest BCUT2D eigenvalue weighted by atomic mass is 9.60. The molecule has 0 amide bonds. The molecule has 0 atom stereocenters. The Kier molecular flexibility index (Phi) is 5.09. The standard InChI is InChI=1S/C27H29N3O/c1-3-25(31)26-28-17-20-13-16-30(18-24(20)29-26)23-11-9-22(10-12-23)27(14-4-15-27)21-7-5-19(2)6-8-21/h5-12,17H,3-4,13-16,18H2,1-2H3. The van der Waals surface area contributed by atoms with Crippen molar-refractivity contribution in [2.24, 2.45) is 0 Å². The number of rotatable bonds is 5. The van der Waals surface area contributed by atoms with Crippen LogP contribution in [0.3, 0.4) is 0 Å². The van der Waals surface area contributed by atoms with Crippen LogP contribution in [0.25, 0.3) is 0 Å². The molecule has 1 aliphatic carbocycles. The van der Waals surface area contributed by atoms with Crippen LogP contribution in [0.2, 0.25) is 0 Å². The highest BCUT2D eigenvalue weighted by Gasteiger charge is 2.40. The van der Waals surface area contributed by atoms with Crippen LogP contribution >= 0.6 is 0 Å². The molecule has 5 rings (SSSR count). The SMILES string of the molecule is CCC(=O)c1ncc2c(n1)CN(c1ccc(C3(c4ccc(C)cc4)CCC3)cc1)CC2. The molecule has 0 N–H and O–H groups in total. The molecule has 4 heteroatoms. The lowest BCUT2D eigenvalue weighted by Crippen LogP contribution is -2.35. The number of benzene rings is 2. The lowest BCUT2D eigenvalue weighted by molar-refractivity contribution is 0.0977. The van der Waals surface area contributed by atoms with Gasteiger partial charge in [0.2, 0.25) is 0 Å². The zero-order valence-corrected chi connectivity index (χ0v) is 18.4. The van der Waals surface area contributed by atoms with Gasteiger partial charge in [-0.05, 0) is 55.0 Å². The molecule has 4 nitrogen and oxygen atoms in total. The summed E-state index contributed by atoms with van der Waals surface area (Å²) in [6.45, 7) is 5.67. The van der Waals surface area contributed by atoms with Gasteiger partial charge in [-0.2, -0.15) is 0 Å². The predicted octanol–water partition coefficient (Wildman–Crippen LogP) is 5.41. The van der Waals surface area contributed by atoms with Crippen LogP contribution in [0.4, 0.5) is 5.69 Å². The lowest BCUT2D eigenvalue weighted by Gasteiger charge is -2.43. The van der Waals surface area contributed by atoms with Gasteiger partial charge in [0, 0.05) is 30.3 Å². The number of nitrogens with zero attached hydrogens (tertiary/aromatic N) is 3. The Labute approximate surface area is 184 Å². The number of ketones is 1. The van der Waals surface area contributed by atoms with Gasteiger partial charge in [0.1, 0.15) is 0 Å². The van der Waals surface area contributed by atoms with Gasteiger partial charge < -0.3 is 4.90 Å². The second-order valence-electron chi connectivity index (χ2n) is 8.96. The molecule has 1 aromatic heterocycles. The van der Waals surface area contributed by atoms with E-state index in [1.807, 2.05) is 13.1 Å². The number of Topliss-reactive ketones (excluding diaryl/α,β-unsaturated/α-hetero) is 1. The van der Waals surface area contributed by atoms with E-state index < -0.39 is 0 Å². The Morgan fingerprint density at radius 3 is 2.32 bits per heavy atom. The van der Waals surface area contributed by atoms with E-state index in [-0.39, 0.29) is 11.2 Å². The summed E-state index contributed by atoms with van der Waals surface area (Å²) < 4.78 is 0. The van der Waals surface area contributed by atoms with Crippen molar-refractivity contribution in [1.29, 1.82) is 0 Å². The van der Waals surface area contributed by atoms with Crippen LogP contribution in [-0.2, 0) is 18.4 Å². The molecule has 1 saturated carbocycles. The molecule has 0 spiro atoms. The summed E-state index contributed by atoms with van der Waals surface area (Å²) in [4.78, 5) is 23.2. The van der Waals surface area contributed by atoms with E-state index in [0.717, 1.165) is 30.8 Å². The van der Waals surface area contributed by atoms with Crippen LogP contribution < -0.4 is 4.90 Å². The quantitative estimate of drug-likeness (QED) is 0.527. The van der Waals surface area contributed by atoms with Crippen molar-refractivity contribution in [3.8, 4) is 0 Å². The van der Waals surface area contributed by atoms with E-state index in [1.165, 1.54) is 41.6 Å². The van der Waals surface area contributed by atoms with E-state index in [0.29, 0.717) is 12.2 Å². The largest absolute Gasteiger partial charge is 0.365 e. The maximum atomic E-state index is 12.0. The van der Waals surface area contributed by atoms with E-state index >= 15 is 0 Å². The highest BCUT2D eigenvalue weighted by molar-refractivity contribution is 5.92. The number of hydrogen-bond acceptors (Lipinski definition) is 4. The molecule has 3 aromatic rings. The highest BCUT2D eigenvalue weighted by atomic mass is 16.1. The van der Waals surface area contributed by atoms with Crippen molar-refractivity contribution in [2.75, 3.05) is 11.4 Å². The normalized spacial score (nSPS) is 17.0. The molecule has 0 radical (unpaired) electrons. The fourth-order valence-corrected chi connectivity index (χ4v) is 4.95. The van der Waals surface area contributed by atoms with Gasteiger partial charge in [-0.15, -0.1) is 0 Å². The molecule has 0 saturated heterocycles. The summed E-state index contributed by atoms with van der Waals surface area (Å²) in [7, 11) is 0. The number of aromatic nitrogens is 2. The minimum Gasteiger partial charge on any atom is -0.365 e. The maximum Gasteiger partial charge on any atom is 0.199 e. The Balaban J connectivity index is 1.38. The Bertz CT molecular complexity index is 1100. The smallest absolute Gasteiger partial charge is 0.199 e. The Morgan fingerprint density at radius 1 is 1.03 bits per heavy atom. The van der Waals surface area contributed by atoms with Crippen molar-refractivity contribution in [2.45, 2.75) is 57.9 Å². The summed E-state index contributed by atoms with van der Waals surface area (Å²) in [5, 5.41) is 0. The van der Waals surface area contributed by atoms with E-state index in [1.54, 1.807) is 0 Å². The summed E-state index contributed by atoms with van der Waals surface area (Å²) in [5.74, 6) is 0.356. The first-order chi connectivity index (χ1) is 15.1. The first kappa shape index (κ1) is 19.9. The molecule has 158 valence electrons. The average Bonchev–Trinajstić information content (AvgIpc) is 2.79. The van der Waals surface area contributed by atoms with E-state index in [2.05, 4.69) is 70.3 Å². The number of anilines is 1. The molecule has 2 heterocycles. The molecule has 31 heavy (non-hydrogen) atoms. The van der Waals surface area contributed by atoms with Gasteiger partial charge in [0.05, 0.1) is 12.2 Å². The second kappa shape index (κ2) is 7.92. The minimum absolute atomic E-state index is 0.00572. The third-order valence-corrected chi connectivity index (χ3v) is 7.11. The second-order valence-corrected chi connectivity index (χ2v) is 8.96. The van der Waals surface area contributed by atoms with E-state index in [9.17, 15) is 4.79 Å². The topological polar surface area (TPSA) is 46.1 Å². The third kappa shape index (κ3) is 3.54. The van der Waals surface area contributed by atoms with Crippen LogP contribution in [0.5, 0.6) is 0 Å². The molecule has 2 aromatic carbocycles.